The van der Waals surface area contributed by atoms with Gasteiger partial charge in [-0.1, -0.05) is 48.5 Å². The van der Waals surface area contributed by atoms with Crippen LogP contribution in [0.25, 0.3) is 0 Å². The van der Waals surface area contributed by atoms with E-state index in [9.17, 15) is 4.79 Å². The van der Waals surface area contributed by atoms with Crippen LogP contribution in [-0.2, 0) is 4.79 Å². The Kier molecular flexibility index (Phi) is 4.17. The number of rotatable bonds is 3. The second kappa shape index (κ2) is 5.48. The van der Waals surface area contributed by atoms with Gasteiger partial charge in [0.25, 0.3) is 0 Å². The van der Waals surface area contributed by atoms with Crippen LogP contribution in [-0.4, -0.2) is 11.4 Å². The SMILES string of the molecule is CC(C)(C)CC(C)(C(=O)NC12CC3CC(CC(C3)C1)C2)C(C)(C)C. The van der Waals surface area contributed by atoms with Crippen LogP contribution in [0.5, 0.6) is 0 Å². The van der Waals surface area contributed by atoms with E-state index in [-0.39, 0.29) is 21.8 Å². The molecule has 0 aromatic heterocycles. The molecule has 2 heteroatoms. The van der Waals surface area contributed by atoms with Crippen molar-refractivity contribution in [2.75, 3.05) is 0 Å². The fourth-order valence-corrected chi connectivity index (χ4v) is 6.39. The Hall–Kier alpha value is -0.530. The molecule has 24 heavy (non-hydrogen) atoms. The minimum atomic E-state index is -0.325. The fraction of sp³-hybridized carbons (Fsp3) is 0.955. The van der Waals surface area contributed by atoms with Crippen molar-refractivity contribution >= 4 is 5.91 Å². The van der Waals surface area contributed by atoms with Crippen molar-refractivity contribution in [2.45, 2.75) is 99.0 Å². The number of hydrogen-bond donors (Lipinski definition) is 1. The molecular weight excluding hydrogens is 294 g/mol. The zero-order valence-corrected chi connectivity index (χ0v) is 17.1. The molecule has 138 valence electrons. The highest BCUT2D eigenvalue weighted by atomic mass is 16.2. The quantitative estimate of drug-likeness (QED) is 0.719. The topological polar surface area (TPSA) is 29.1 Å². The summed E-state index contributed by atoms with van der Waals surface area (Å²) in [5.41, 5.74) is -0.0850. The van der Waals surface area contributed by atoms with Gasteiger partial charge in [0, 0.05) is 5.54 Å². The lowest BCUT2D eigenvalue weighted by molar-refractivity contribution is -0.144. The number of carbonyl (C=O) groups is 1. The van der Waals surface area contributed by atoms with E-state index in [2.05, 4.69) is 53.8 Å². The summed E-state index contributed by atoms with van der Waals surface area (Å²) in [6.45, 7) is 15.7. The highest BCUT2D eigenvalue weighted by molar-refractivity contribution is 5.84. The number of nitrogens with one attached hydrogen (secondary N) is 1. The van der Waals surface area contributed by atoms with E-state index in [4.69, 9.17) is 0 Å². The Morgan fingerprint density at radius 1 is 0.875 bits per heavy atom. The molecule has 4 aliphatic carbocycles. The summed E-state index contributed by atoms with van der Waals surface area (Å²) in [5, 5.41) is 3.66. The predicted octanol–water partition coefficient (Wildman–Crippen LogP) is 5.56. The van der Waals surface area contributed by atoms with Crippen molar-refractivity contribution < 1.29 is 4.79 Å². The second-order valence-corrected chi connectivity index (χ2v) is 12.0. The molecule has 1 unspecified atom stereocenters. The fourth-order valence-electron chi connectivity index (χ4n) is 6.39. The van der Waals surface area contributed by atoms with Gasteiger partial charge in [-0.05, 0) is 73.5 Å². The van der Waals surface area contributed by atoms with Gasteiger partial charge < -0.3 is 5.32 Å². The second-order valence-electron chi connectivity index (χ2n) is 12.0. The van der Waals surface area contributed by atoms with E-state index >= 15 is 0 Å². The minimum Gasteiger partial charge on any atom is -0.350 e. The molecule has 4 fully saturated rings. The Bertz CT molecular complexity index is 472. The van der Waals surface area contributed by atoms with Crippen molar-refractivity contribution in [1.82, 2.24) is 5.32 Å². The molecule has 1 atom stereocenters. The Labute approximate surface area is 149 Å². The maximum atomic E-state index is 13.6. The summed E-state index contributed by atoms with van der Waals surface area (Å²) in [7, 11) is 0. The summed E-state index contributed by atoms with van der Waals surface area (Å²) in [4.78, 5) is 13.6. The first kappa shape index (κ1) is 18.3. The van der Waals surface area contributed by atoms with Crippen LogP contribution in [0.1, 0.15) is 93.4 Å². The zero-order valence-electron chi connectivity index (χ0n) is 17.1. The molecule has 4 saturated carbocycles. The molecule has 0 aromatic rings. The number of carbonyl (C=O) groups excluding carboxylic acids is 1. The normalized spacial score (nSPS) is 38.0. The largest absolute Gasteiger partial charge is 0.350 e. The van der Waals surface area contributed by atoms with Crippen LogP contribution < -0.4 is 5.32 Å². The maximum absolute atomic E-state index is 13.6. The lowest BCUT2D eigenvalue weighted by Gasteiger charge is -2.58. The van der Waals surface area contributed by atoms with Gasteiger partial charge >= 0.3 is 0 Å². The predicted molar refractivity (Wildman–Crippen MR) is 101 cm³/mol. The monoisotopic (exact) mass is 333 g/mol. The first-order chi connectivity index (χ1) is 10.8. The molecule has 1 N–H and O–H groups in total. The molecule has 4 rings (SSSR count). The number of hydrogen-bond acceptors (Lipinski definition) is 1. The lowest BCUT2D eigenvalue weighted by atomic mass is 9.52. The summed E-state index contributed by atoms with van der Waals surface area (Å²) < 4.78 is 0. The highest BCUT2D eigenvalue weighted by Crippen LogP contribution is 2.56. The van der Waals surface area contributed by atoms with Crippen molar-refractivity contribution in [3.63, 3.8) is 0 Å². The molecule has 0 heterocycles. The van der Waals surface area contributed by atoms with Crippen LogP contribution in [0, 0.1) is 34.0 Å². The first-order valence-corrected chi connectivity index (χ1v) is 10.1. The summed E-state index contributed by atoms with van der Waals surface area (Å²) >= 11 is 0. The third kappa shape index (κ3) is 3.27. The van der Waals surface area contributed by atoms with Gasteiger partial charge in [0.2, 0.25) is 5.91 Å². The molecule has 1 amide bonds. The molecule has 4 aliphatic rings. The van der Waals surface area contributed by atoms with E-state index < -0.39 is 0 Å². The minimum absolute atomic E-state index is 0.0351. The molecular formula is C22H39NO. The van der Waals surface area contributed by atoms with Crippen LogP contribution in [0.4, 0.5) is 0 Å². The van der Waals surface area contributed by atoms with Gasteiger partial charge in [-0.25, -0.2) is 0 Å². The first-order valence-electron chi connectivity index (χ1n) is 10.1. The van der Waals surface area contributed by atoms with Crippen molar-refractivity contribution in [1.29, 1.82) is 0 Å². The maximum Gasteiger partial charge on any atom is 0.226 e. The summed E-state index contributed by atoms with van der Waals surface area (Å²) in [6, 6.07) is 0. The van der Waals surface area contributed by atoms with E-state index in [1.165, 1.54) is 38.5 Å². The molecule has 0 aromatic carbocycles. The molecule has 2 nitrogen and oxygen atoms in total. The standard InChI is InChI=1S/C22H39NO/c1-19(2,3)14-21(7,20(4,5)6)18(24)23-22-11-15-8-16(12-22)10-17(9-15)13-22/h15-17H,8-14H2,1-7H3,(H,23,24). The van der Waals surface area contributed by atoms with Gasteiger partial charge in [0.15, 0.2) is 0 Å². The number of amides is 1. The summed E-state index contributed by atoms with van der Waals surface area (Å²) in [5.74, 6) is 2.94. The zero-order chi connectivity index (χ0) is 18.0. The van der Waals surface area contributed by atoms with Gasteiger partial charge in [-0.2, -0.15) is 0 Å². The van der Waals surface area contributed by atoms with Crippen LogP contribution >= 0.6 is 0 Å². The smallest absolute Gasteiger partial charge is 0.226 e. The van der Waals surface area contributed by atoms with E-state index in [1.54, 1.807) is 0 Å². The Morgan fingerprint density at radius 3 is 1.62 bits per heavy atom. The Balaban J connectivity index is 1.81. The van der Waals surface area contributed by atoms with E-state index in [0.29, 0.717) is 5.91 Å². The third-order valence-corrected chi connectivity index (χ3v) is 7.46. The van der Waals surface area contributed by atoms with Gasteiger partial charge in [0.1, 0.15) is 0 Å². The van der Waals surface area contributed by atoms with Crippen LogP contribution in [0.15, 0.2) is 0 Å². The molecule has 0 saturated heterocycles. The lowest BCUT2D eigenvalue weighted by Crippen LogP contribution is -2.63. The van der Waals surface area contributed by atoms with Gasteiger partial charge in [0.05, 0.1) is 5.41 Å². The molecule has 0 radical (unpaired) electrons. The molecule has 0 spiro atoms. The van der Waals surface area contributed by atoms with Crippen molar-refractivity contribution in [3.05, 3.63) is 0 Å². The summed E-state index contributed by atoms with van der Waals surface area (Å²) in [6.07, 6.45) is 8.91. The van der Waals surface area contributed by atoms with Gasteiger partial charge in [-0.3, -0.25) is 4.79 Å². The Morgan fingerprint density at radius 2 is 1.29 bits per heavy atom. The molecule has 4 bridgehead atoms. The van der Waals surface area contributed by atoms with E-state index in [0.717, 1.165) is 24.2 Å². The van der Waals surface area contributed by atoms with Crippen molar-refractivity contribution in [2.24, 2.45) is 34.0 Å². The highest BCUT2D eigenvalue weighted by Gasteiger charge is 2.54. The molecule has 0 aliphatic heterocycles. The van der Waals surface area contributed by atoms with Gasteiger partial charge in [-0.15, -0.1) is 0 Å². The van der Waals surface area contributed by atoms with E-state index in [1.807, 2.05) is 0 Å². The third-order valence-electron chi connectivity index (χ3n) is 7.46. The van der Waals surface area contributed by atoms with Crippen LogP contribution in [0.2, 0.25) is 0 Å². The average Bonchev–Trinajstić information content (AvgIpc) is 2.32. The van der Waals surface area contributed by atoms with Crippen LogP contribution in [0.3, 0.4) is 0 Å². The average molecular weight is 334 g/mol. The van der Waals surface area contributed by atoms with Crippen molar-refractivity contribution in [3.8, 4) is 0 Å².